The maximum absolute atomic E-state index is 13.5. The molecule has 2 aromatic carbocycles. The molecule has 0 saturated carbocycles. The number of allylic oxidation sites excluding steroid dienone is 1. The highest BCUT2D eigenvalue weighted by Gasteiger charge is 2.34. The third-order valence-corrected chi connectivity index (χ3v) is 6.25. The number of nitrogens with zero attached hydrogens (tertiary/aromatic N) is 4. The molecular formula is C23H24N6O3S. The Morgan fingerprint density at radius 2 is 2.00 bits per heavy atom. The van der Waals surface area contributed by atoms with Crippen LogP contribution >= 0.6 is 11.8 Å². The number of fused-ring (bicyclic) bond motifs is 1. The fraction of sp³-hybridized carbons (Fsp3) is 0.261. The molecular weight excluding hydrogens is 440 g/mol. The van der Waals surface area contributed by atoms with Crippen molar-refractivity contribution in [2.24, 2.45) is 0 Å². The van der Waals surface area contributed by atoms with Gasteiger partial charge in [0.25, 0.3) is 11.6 Å². The topological polar surface area (TPSA) is 115 Å². The number of rotatable bonds is 7. The minimum absolute atomic E-state index is 0.0165. The van der Waals surface area contributed by atoms with E-state index in [2.05, 4.69) is 27.6 Å². The summed E-state index contributed by atoms with van der Waals surface area (Å²) in [6, 6.07) is 13.2. The number of aromatic nitrogens is 3. The number of non-ortho nitro benzene ring substituents is 1. The number of hydrogen-bond donors (Lipinski definition) is 2. The van der Waals surface area contributed by atoms with Crippen LogP contribution in [-0.2, 0) is 4.79 Å². The molecule has 10 heteroatoms. The lowest BCUT2D eigenvalue weighted by molar-refractivity contribution is -0.384. The molecule has 1 unspecified atom stereocenters. The summed E-state index contributed by atoms with van der Waals surface area (Å²) in [5, 5.41) is 22.6. The smallest absolute Gasteiger partial charge is 0.269 e. The largest absolute Gasteiger partial charge is 0.328 e. The maximum Gasteiger partial charge on any atom is 0.269 e. The lowest BCUT2D eigenvalue weighted by atomic mass is 9.95. The Bertz CT molecular complexity index is 1240. The number of nitro benzene ring substituents is 1. The molecule has 1 aliphatic rings. The van der Waals surface area contributed by atoms with Gasteiger partial charge >= 0.3 is 0 Å². The van der Waals surface area contributed by atoms with Crippen LogP contribution in [0.1, 0.15) is 37.4 Å². The van der Waals surface area contributed by atoms with Crippen LogP contribution in [0.15, 0.2) is 65.0 Å². The molecule has 0 aliphatic carbocycles. The second kappa shape index (κ2) is 9.45. The van der Waals surface area contributed by atoms with E-state index in [0.717, 1.165) is 17.7 Å². The lowest BCUT2D eigenvalue weighted by Crippen LogP contribution is -2.31. The predicted molar refractivity (Wildman–Crippen MR) is 128 cm³/mol. The third kappa shape index (κ3) is 4.75. The number of aryl methyl sites for hydroxylation is 1. The fourth-order valence-corrected chi connectivity index (χ4v) is 4.37. The van der Waals surface area contributed by atoms with Crippen molar-refractivity contribution in [2.45, 2.75) is 38.4 Å². The van der Waals surface area contributed by atoms with Crippen molar-refractivity contribution in [3.63, 3.8) is 0 Å². The molecule has 0 spiro atoms. The molecule has 9 nitrogen and oxygen atoms in total. The van der Waals surface area contributed by atoms with Crippen molar-refractivity contribution in [1.29, 1.82) is 0 Å². The van der Waals surface area contributed by atoms with E-state index in [-0.39, 0.29) is 11.6 Å². The molecule has 0 saturated heterocycles. The summed E-state index contributed by atoms with van der Waals surface area (Å²) < 4.78 is 1.68. The number of carbonyl (C=O) groups is 1. The summed E-state index contributed by atoms with van der Waals surface area (Å²) in [5.74, 6) is 1.12. The first kappa shape index (κ1) is 22.5. The van der Waals surface area contributed by atoms with Gasteiger partial charge in [-0.3, -0.25) is 14.9 Å². The van der Waals surface area contributed by atoms with Crippen molar-refractivity contribution < 1.29 is 9.72 Å². The van der Waals surface area contributed by atoms with E-state index in [0.29, 0.717) is 33.6 Å². The van der Waals surface area contributed by atoms with Crippen LogP contribution in [0.5, 0.6) is 0 Å². The molecule has 3 aromatic rings. The minimum Gasteiger partial charge on any atom is -0.328 e. The Labute approximate surface area is 195 Å². The van der Waals surface area contributed by atoms with E-state index in [4.69, 9.17) is 0 Å². The molecule has 1 aromatic heterocycles. The normalized spacial score (nSPS) is 15.1. The summed E-state index contributed by atoms with van der Waals surface area (Å²) in [5.41, 5.74) is 3.52. The molecule has 1 amide bonds. The van der Waals surface area contributed by atoms with E-state index >= 15 is 0 Å². The first-order valence-corrected chi connectivity index (χ1v) is 11.6. The SMILES string of the molecule is CCCSc1nc2n(n1)C(c1ccc([N+](=O)[O-])cc1)C(C(=O)Nc1cccc(C)c1)=C(C)N2. The average molecular weight is 465 g/mol. The standard InChI is InChI=1S/C23H24N6O3S/c1-4-12-33-23-26-22-24-15(3)19(21(30)25-17-7-5-6-14(2)13-17)20(28(22)27-23)16-8-10-18(11-9-16)29(31)32/h5-11,13,20H,4,12H2,1-3H3,(H,25,30)(H,24,26,27). The van der Waals surface area contributed by atoms with Gasteiger partial charge in [-0.15, -0.1) is 5.10 Å². The second-order valence-corrected chi connectivity index (χ2v) is 8.81. The first-order valence-electron chi connectivity index (χ1n) is 10.6. The van der Waals surface area contributed by atoms with Crippen molar-refractivity contribution in [2.75, 3.05) is 16.4 Å². The van der Waals surface area contributed by atoms with E-state index in [1.807, 2.05) is 38.1 Å². The highest BCUT2D eigenvalue weighted by atomic mass is 32.2. The Hall–Kier alpha value is -3.66. The maximum atomic E-state index is 13.5. The highest BCUT2D eigenvalue weighted by Crippen LogP contribution is 2.37. The molecule has 2 heterocycles. The zero-order valence-corrected chi connectivity index (χ0v) is 19.3. The van der Waals surface area contributed by atoms with Gasteiger partial charge in [0.15, 0.2) is 0 Å². The molecule has 0 fully saturated rings. The van der Waals surface area contributed by atoms with E-state index in [1.165, 1.54) is 12.1 Å². The van der Waals surface area contributed by atoms with E-state index < -0.39 is 11.0 Å². The number of hydrogen-bond acceptors (Lipinski definition) is 7. The predicted octanol–water partition coefficient (Wildman–Crippen LogP) is 4.92. The quantitative estimate of drug-likeness (QED) is 0.289. The molecule has 170 valence electrons. The van der Waals surface area contributed by atoms with Gasteiger partial charge in [-0.25, -0.2) is 4.68 Å². The van der Waals surface area contributed by atoms with Crippen LogP contribution in [0, 0.1) is 17.0 Å². The molecule has 1 atom stereocenters. The first-order chi connectivity index (χ1) is 15.9. The van der Waals surface area contributed by atoms with Crippen LogP contribution < -0.4 is 10.6 Å². The fourth-order valence-electron chi connectivity index (χ4n) is 3.69. The summed E-state index contributed by atoms with van der Waals surface area (Å²) >= 11 is 1.54. The molecule has 2 N–H and O–H groups in total. The summed E-state index contributed by atoms with van der Waals surface area (Å²) in [7, 11) is 0. The molecule has 1 aliphatic heterocycles. The number of amides is 1. The van der Waals surface area contributed by atoms with Gasteiger partial charge in [0.1, 0.15) is 6.04 Å². The van der Waals surface area contributed by atoms with Gasteiger partial charge in [-0.05, 0) is 55.7 Å². The van der Waals surface area contributed by atoms with E-state index in [9.17, 15) is 14.9 Å². The Balaban J connectivity index is 1.76. The average Bonchev–Trinajstić information content (AvgIpc) is 3.19. The number of nitrogens with one attached hydrogen (secondary N) is 2. The molecule has 4 rings (SSSR count). The van der Waals surface area contributed by atoms with Gasteiger partial charge in [-0.2, -0.15) is 4.98 Å². The van der Waals surface area contributed by atoms with E-state index in [1.54, 1.807) is 28.6 Å². The Kier molecular flexibility index (Phi) is 6.45. The monoisotopic (exact) mass is 464 g/mol. The lowest BCUT2D eigenvalue weighted by Gasteiger charge is -2.28. The van der Waals surface area contributed by atoms with Crippen LogP contribution in [0.2, 0.25) is 0 Å². The number of carbonyl (C=O) groups excluding carboxylic acids is 1. The Morgan fingerprint density at radius 1 is 1.24 bits per heavy atom. The zero-order valence-electron chi connectivity index (χ0n) is 18.5. The number of benzene rings is 2. The van der Waals surface area contributed by atoms with Gasteiger partial charge in [0.05, 0.1) is 10.5 Å². The molecule has 0 radical (unpaired) electrons. The molecule has 33 heavy (non-hydrogen) atoms. The van der Waals surface area contributed by atoms with Gasteiger partial charge < -0.3 is 10.6 Å². The second-order valence-electron chi connectivity index (χ2n) is 7.75. The third-order valence-electron chi connectivity index (χ3n) is 5.21. The Morgan fingerprint density at radius 3 is 2.67 bits per heavy atom. The number of nitro groups is 1. The highest BCUT2D eigenvalue weighted by molar-refractivity contribution is 7.99. The minimum atomic E-state index is -0.588. The van der Waals surface area contributed by atoms with Gasteiger partial charge in [-0.1, -0.05) is 30.8 Å². The van der Waals surface area contributed by atoms with Crippen LogP contribution in [0.4, 0.5) is 17.3 Å². The zero-order chi connectivity index (χ0) is 23.5. The van der Waals surface area contributed by atoms with Crippen LogP contribution in [-0.4, -0.2) is 31.3 Å². The van der Waals surface area contributed by atoms with Crippen molar-refractivity contribution in [3.05, 3.63) is 81.0 Å². The van der Waals surface area contributed by atoms with Gasteiger partial charge in [0.2, 0.25) is 11.1 Å². The summed E-state index contributed by atoms with van der Waals surface area (Å²) in [6.07, 6.45) is 0.981. The molecule has 0 bridgehead atoms. The van der Waals surface area contributed by atoms with Gasteiger partial charge in [0, 0.05) is 29.3 Å². The van der Waals surface area contributed by atoms with Crippen LogP contribution in [0.3, 0.4) is 0 Å². The van der Waals surface area contributed by atoms with Crippen molar-refractivity contribution >= 4 is 35.0 Å². The summed E-state index contributed by atoms with van der Waals surface area (Å²) in [4.78, 5) is 28.7. The van der Waals surface area contributed by atoms with Crippen LogP contribution in [0.25, 0.3) is 0 Å². The number of anilines is 2. The van der Waals surface area contributed by atoms with Crippen molar-refractivity contribution in [1.82, 2.24) is 14.8 Å². The summed E-state index contributed by atoms with van der Waals surface area (Å²) in [6.45, 7) is 5.86. The number of thioether (sulfide) groups is 1. The van der Waals surface area contributed by atoms with Crippen molar-refractivity contribution in [3.8, 4) is 0 Å².